The summed E-state index contributed by atoms with van der Waals surface area (Å²) in [4.78, 5) is 2.45. The fourth-order valence-electron chi connectivity index (χ4n) is 2.39. The van der Waals surface area contributed by atoms with Gasteiger partial charge in [0.1, 0.15) is 0 Å². The number of hydrogen-bond donors (Lipinski definition) is 1. The van der Waals surface area contributed by atoms with Crippen LogP contribution in [0.25, 0.3) is 0 Å². The van der Waals surface area contributed by atoms with Crippen LogP contribution in [-0.2, 0) is 6.54 Å². The standard InChI is InChI=1S/C13H19NO/c1-11-7-13(10-15)9-14(11)8-12-5-3-2-4-6-12/h2-6,11,13,15H,7-10H2,1H3/t11-,13?/m0/s1. The first-order valence-electron chi connectivity index (χ1n) is 5.68. The second-order valence-electron chi connectivity index (χ2n) is 4.55. The van der Waals surface area contributed by atoms with Crippen LogP contribution in [0.4, 0.5) is 0 Å². The Bertz CT molecular complexity index is 299. The van der Waals surface area contributed by atoms with Gasteiger partial charge in [0.2, 0.25) is 0 Å². The molecule has 1 aromatic rings. The van der Waals surface area contributed by atoms with E-state index in [2.05, 4.69) is 36.1 Å². The van der Waals surface area contributed by atoms with Gasteiger partial charge in [0.05, 0.1) is 0 Å². The lowest BCUT2D eigenvalue weighted by molar-refractivity contribution is 0.215. The Morgan fingerprint density at radius 3 is 2.67 bits per heavy atom. The SMILES string of the molecule is C[C@H]1CC(CO)CN1Cc1ccccc1. The number of likely N-dealkylation sites (tertiary alicyclic amines) is 1. The summed E-state index contributed by atoms with van der Waals surface area (Å²) >= 11 is 0. The highest BCUT2D eigenvalue weighted by atomic mass is 16.3. The molecule has 0 spiro atoms. The Hall–Kier alpha value is -0.860. The summed E-state index contributed by atoms with van der Waals surface area (Å²) < 4.78 is 0. The van der Waals surface area contributed by atoms with E-state index in [4.69, 9.17) is 5.11 Å². The highest BCUT2D eigenvalue weighted by Gasteiger charge is 2.27. The highest BCUT2D eigenvalue weighted by Crippen LogP contribution is 2.24. The summed E-state index contributed by atoms with van der Waals surface area (Å²) in [6, 6.07) is 11.1. The van der Waals surface area contributed by atoms with E-state index in [1.165, 1.54) is 5.56 Å². The van der Waals surface area contributed by atoms with E-state index in [-0.39, 0.29) is 0 Å². The van der Waals surface area contributed by atoms with Gasteiger partial charge in [-0.2, -0.15) is 0 Å². The van der Waals surface area contributed by atoms with E-state index in [0.717, 1.165) is 19.5 Å². The first-order chi connectivity index (χ1) is 7.29. The molecule has 1 heterocycles. The second kappa shape index (κ2) is 4.77. The molecule has 2 atom stereocenters. The van der Waals surface area contributed by atoms with E-state index >= 15 is 0 Å². The van der Waals surface area contributed by atoms with Gasteiger partial charge < -0.3 is 5.11 Å². The first kappa shape index (κ1) is 10.7. The summed E-state index contributed by atoms with van der Waals surface area (Å²) in [5.41, 5.74) is 1.36. The van der Waals surface area contributed by atoms with Gasteiger partial charge >= 0.3 is 0 Å². The zero-order valence-corrected chi connectivity index (χ0v) is 9.26. The van der Waals surface area contributed by atoms with Crippen molar-refractivity contribution in [1.29, 1.82) is 0 Å². The van der Waals surface area contributed by atoms with Gasteiger partial charge in [-0.25, -0.2) is 0 Å². The van der Waals surface area contributed by atoms with Crippen molar-refractivity contribution in [3.8, 4) is 0 Å². The third-order valence-corrected chi connectivity index (χ3v) is 3.28. The summed E-state index contributed by atoms with van der Waals surface area (Å²) in [5.74, 6) is 0.476. The van der Waals surface area contributed by atoms with Gasteiger partial charge in [0, 0.05) is 25.7 Å². The van der Waals surface area contributed by atoms with Gasteiger partial charge in [0.15, 0.2) is 0 Å². The molecule has 2 nitrogen and oxygen atoms in total. The molecule has 0 bridgehead atoms. The van der Waals surface area contributed by atoms with E-state index in [1.807, 2.05) is 6.07 Å². The van der Waals surface area contributed by atoms with Crippen LogP contribution in [0.1, 0.15) is 18.9 Å². The molecule has 2 heteroatoms. The van der Waals surface area contributed by atoms with Gasteiger partial charge in [-0.3, -0.25) is 4.90 Å². The molecule has 1 aliphatic heterocycles. The molecule has 1 saturated heterocycles. The maximum atomic E-state index is 9.14. The quantitative estimate of drug-likeness (QED) is 0.814. The molecule has 1 aliphatic rings. The van der Waals surface area contributed by atoms with Crippen molar-refractivity contribution in [2.75, 3.05) is 13.2 Å². The molecule has 15 heavy (non-hydrogen) atoms. The van der Waals surface area contributed by atoms with E-state index in [1.54, 1.807) is 0 Å². The van der Waals surface area contributed by atoms with Crippen molar-refractivity contribution >= 4 is 0 Å². The van der Waals surface area contributed by atoms with Crippen LogP contribution in [0, 0.1) is 5.92 Å². The van der Waals surface area contributed by atoms with Gasteiger partial charge in [-0.1, -0.05) is 30.3 Å². The number of hydrogen-bond acceptors (Lipinski definition) is 2. The lowest BCUT2D eigenvalue weighted by Gasteiger charge is -2.20. The van der Waals surface area contributed by atoms with Crippen molar-refractivity contribution in [2.24, 2.45) is 5.92 Å². The van der Waals surface area contributed by atoms with Gasteiger partial charge in [0.25, 0.3) is 0 Å². The van der Waals surface area contributed by atoms with Crippen LogP contribution in [0.2, 0.25) is 0 Å². The Labute approximate surface area is 91.5 Å². The molecule has 1 unspecified atom stereocenters. The largest absolute Gasteiger partial charge is 0.396 e. The van der Waals surface area contributed by atoms with Crippen molar-refractivity contribution in [1.82, 2.24) is 4.90 Å². The average molecular weight is 205 g/mol. The number of aliphatic hydroxyl groups is 1. The maximum absolute atomic E-state index is 9.14. The fourth-order valence-corrected chi connectivity index (χ4v) is 2.39. The molecule has 0 aromatic heterocycles. The van der Waals surface area contributed by atoms with E-state index in [0.29, 0.717) is 18.6 Å². The monoisotopic (exact) mass is 205 g/mol. The Balaban J connectivity index is 1.96. The number of rotatable bonds is 3. The molecule has 0 saturated carbocycles. The Morgan fingerprint density at radius 2 is 2.07 bits per heavy atom. The van der Waals surface area contributed by atoms with Crippen molar-refractivity contribution in [3.63, 3.8) is 0 Å². The third-order valence-electron chi connectivity index (χ3n) is 3.28. The van der Waals surface area contributed by atoms with Crippen LogP contribution in [0.5, 0.6) is 0 Å². The molecular formula is C13H19NO. The molecule has 0 amide bonds. The lowest BCUT2D eigenvalue weighted by atomic mass is 10.1. The first-order valence-corrected chi connectivity index (χ1v) is 5.68. The summed E-state index contributed by atoms with van der Waals surface area (Å²) in [6.07, 6.45) is 1.13. The van der Waals surface area contributed by atoms with Crippen LogP contribution in [0.3, 0.4) is 0 Å². The maximum Gasteiger partial charge on any atom is 0.0472 e. The number of benzene rings is 1. The van der Waals surface area contributed by atoms with Crippen LogP contribution in [-0.4, -0.2) is 29.2 Å². The van der Waals surface area contributed by atoms with Gasteiger partial charge in [-0.15, -0.1) is 0 Å². The summed E-state index contributed by atoms with van der Waals surface area (Å²) in [7, 11) is 0. The fraction of sp³-hybridized carbons (Fsp3) is 0.538. The summed E-state index contributed by atoms with van der Waals surface area (Å²) in [5, 5.41) is 9.14. The lowest BCUT2D eigenvalue weighted by Crippen LogP contribution is -2.26. The molecule has 1 aromatic carbocycles. The van der Waals surface area contributed by atoms with Crippen LogP contribution in [0.15, 0.2) is 30.3 Å². The van der Waals surface area contributed by atoms with Crippen molar-refractivity contribution in [3.05, 3.63) is 35.9 Å². The van der Waals surface area contributed by atoms with E-state index in [9.17, 15) is 0 Å². The molecule has 0 radical (unpaired) electrons. The summed E-state index contributed by atoms with van der Waals surface area (Å²) in [6.45, 7) is 4.62. The average Bonchev–Trinajstić information content (AvgIpc) is 2.61. The minimum Gasteiger partial charge on any atom is -0.396 e. The molecule has 82 valence electrons. The highest BCUT2D eigenvalue weighted by molar-refractivity contribution is 5.14. The van der Waals surface area contributed by atoms with Crippen molar-refractivity contribution in [2.45, 2.75) is 25.9 Å². The minimum atomic E-state index is 0.329. The molecular weight excluding hydrogens is 186 g/mol. The normalized spacial score (nSPS) is 27.1. The number of aliphatic hydroxyl groups excluding tert-OH is 1. The Kier molecular flexibility index (Phi) is 3.39. The molecule has 1 N–H and O–H groups in total. The molecule has 2 rings (SSSR count). The van der Waals surface area contributed by atoms with Crippen LogP contribution < -0.4 is 0 Å². The predicted octanol–water partition coefficient (Wildman–Crippen LogP) is 1.89. The molecule has 1 fully saturated rings. The zero-order valence-electron chi connectivity index (χ0n) is 9.26. The van der Waals surface area contributed by atoms with Crippen LogP contribution >= 0.6 is 0 Å². The van der Waals surface area contributed by atoms with Crippen molar-refractivity contribution < 1.29 is 5.11 Å². The van der Waals surface area contributed by atoms with E-state index < -0.39 is 0 Å². The minimum absolute atomic E-state index is 0.329. The topological polar surface area (TPSA) is 23.5 Å². The molecule has 0 aliphatic carbocycles. The zero-order chi connectivity index (χ0) is 10.7. The third kappa shape index (κ3) is 2.58. The number of nitrogens with zero attached hydrogens (tertiary/aromatic N) is 1. The second-order valence-corrected chi connectivity index (χ2v) is 4.55. The Morgan fingerprint density at radius 1 is 1.33 bits per heavy atom. The smallest absolute Gasteiger partial charge is 0.0472 e. The van der Waals surface area contributed by atoms with Gasteiger partial charge in [-0.05, 0) is 24.8 Å². The predicted molar refractivity (Wildman–Crippen MR) is 61.5 cm³/mol.